The lowest BCUT2D eigenvalue weighted by Crippen LogP contribution is -2.49. The Morgan fingerprint density at radius 2 is 1.92 bits per heavy atom. The molecule has 0 radical (unpaired) electrons. The predicted molar refractivity (Wildman–Crippen MR) is 101 cm³/mol. The van der Waals surface area contributed by atoms with Crippen LogP contribution in [0.5, 0.6) is 5.75 Å². The molecule has 0 spiro atoms. The first-order valence-corrected chi connectivity index (χ1v) is 9.07. The van der Waals surface area contributed by atoms with Gasteiger partial charge in [0.1, 0.15) is 5.75 Å². The molecule has 5 heteroatoms. The fourth-order valence-corrected chi connectivity index (χ4v) is 3.80. The van der Waals surface area contributed by atoms with Crippen LogP contribution in [0, 0.1) is 5.92 Å². The molecule has 0 amide bonds. The number of carbonyl (C=O) groups is 1. The van der Waals surface area contributed by atoms with Crippen molar-refractivity contribution in [2.75, 3.05) is 31.6 Å². The van der Waals surface area contributed by atoms with Gasteiger partial charge < -0.3 is 14.7 Å². The first-order valence-electron chi connectivity index (χ1n) is 9.07. The van der Waals surface area contributed by atoms with Crippen molar-refractivity contribution in [3.05, 3.63) is 59.2 Å². The summed E-state index contributed by atoms with van der Waals surface area (Å²) < 4.78 is 5.32. The summed E-state index contributed by atoms with van der Waals surface area (Å²) in [6.07, 6.45) is 1.03. The van der Waals surface area contributed by atoms with E-state index in [1.165, 1.54) is 22.4 Å². The molecule has 1 N–H and O–H groups in total. The van der Waals surface area contributed by atoms with Gasteiger partial charge in [-0.3, -0.25) is 9.69 Å². The number of rotatable bonds is 5. The molecular weight excluding hydrogens is 328 g/mol. The molecule has 5 nitrogen and oxygen atoms in total. The molecule has 2 aliphatic heterocycles. The zero-order valence-electron chi connectivity index (χ0n) is 15.0. The van der Waals surface area contributed by atoms with Crippen molar-refractivity contribution in [2.45, 2.75) is 19.5 Å². The van der Waals surface area contributed by atoms with Crippen LogP contribution < -0.4 is 9.64 Å². The molecule has 0 aliphatic carbocycles. The zero-order chi connectivity index (χ0) is 18.1. The third-order valence-electron chi connectivity index (χ3n) is 5.44. The second-order valence-corrected chi connectivity index (χ2v) is 7.20. The summed E-state index contributed by atoms with van der Waals surface area (Å²) in [6, 6.07) is 15.0. The molecule has 0 bridgehead atoms. The van der Waals surface area contributed by atoms with Gasteiger partial charge in [-0.25, -0.2) is 0 Å². The Bertz CT molecular complexity index is 797. The van der Waals surface area contributed by atoms with Crippen molar-refractivity contribution in [2.24, 2.45) is 5.92 Å². The van der Waals surface area contributed by atoms with E-state index in [0.717, 1.165) is 31.8 Å². The normalized spacial score (nSPS) is 17.5. The van der Waals surface area contributed by atoms with E-state index in [4.69, 9.17) is 9.84 Å². The van der Waals surface area contributed by atoms with Crippen LogP contribution in [0.2, 0.25) is 0 Å². The first kappa shape index (κ1) is 16.9. The van der Waals surface area contributed by atoms with Gasteiger partial charge in [0.15, 0.2) is 0 Å². The van der Waals surface area contributed by atoms with Crippen LogP contribution in [-0.2, 0) is 24.3 Å². The molecule has 1 saturated heterocycles. The number of benzene rings is 2. The third-order valence-corrected chi connectivity index (χ3v) is 5.44. The van der Waals surface area contributed by atoms with Crippen LogP contribution in [0.4, 0.5) is 5.69 Å². The Hall–Kier alpha value is -2.53. The average molecular weight is 352 g/mol. The summed E-state index contributed by atoms with van der Waals surface area (Å²) in [4.78, 5) is 15.5. The minimum Gasteiger partial charge on any atom is -0.497 e. The summed E-state index contributed by atoms with van der Waals surface area (Å²) in [5.41, 5.74) is 5.21. The number of anilines is 1. The summed E-state index contributed by atoms with van der Waals surface area (Å²) in [5, 5.41) is 8.96. The van der Waals surface area contributed by atoms with E-state index in [1.54, 1.807) is 7.11 Å². The van der Waals surface area contributed by atoms with Gasteiger partial charge in [-0.2, -0.15) is 0 Å². The number of hydrogen-bond donors (Lipinski definition) is 1. The molecule has 2 aromatic carbocycles. The second kappa shape index (κ2) is 7.00. The summed E-state index contributed by atoms with van der Waals surface area (Å²) in [5.74, 6) is 0.0543. The Morgan fingerprint density at radius 1 is 1.15 bits per heavy atom. The lowest BCUT2D eigenvalue weighted by Gasteiger charge is -2.36. The monoisotopic (exact) mass is 352 g/mol. The maximum Gasteiger partial charge on any atom is 0.309 e. The quantitative estimate of drug-likeness (QED) is 0.897. The van der Waals surface area contributed by atoms with E-state index in [2.05, 4.69) is 46.2 Å². The van der Waals surface area contributed by atoms with E-state index in [9.17, 15) is 4.79 Å². The number of methoxy groups -OCH3 is 1. The van der Waals surface area contributed by atoms with Gasteiger partial charge in [0.2, 0.25) is 0 Å². The number of aliphatic carboxylic acids is 1. The smallest absolute Gasteiger partial charge is 0.309 e. The number of fused-ring (bicyclic) bond motifs is 1. The molecular formula is C21H24N2O3. The standard InChI is InChI=1S/C21H24N2O3/c1-26-20-7-4-17-14-23(9-8-16(17)10-20)19-5-2-15(3-6-19)11-22-12-18(13-22)21(24)25/h2-7,10,18H,8-9,11-14H2,1H3,(H,24,25). The molecule has 2 heterocycles. The number of hydrogen-bond acceptors (Lipinski definition) is 4. The van der Waals surface area contributed by atoms with Gasteiger partial charge in [-0.05, 0) is 47.4 Å². The van der Waals surface area contributed by atoms with Crippen molar-refractivity contribution >= 4 is 11.7 Å². The van der Waals surface area contributed by atoms with Crippen LogP contribution in [0.1, 0.15) is 16.7 Å². The lowest BCUT2D eigenvalue weighted by atomic mass is 9.98. The molecule has 0 unspecified atom stereocenters. The number of nitrogens with zero attached hydrogens (tertiary/aromatic N) is 2. The van der Waals surface area contributed by atoms with Crippen LogP contribution in [-0.4, -0.2) is 42.7 Å². The third kappa shape index (κ3) is 3.40. The van der Waals surface area contributed by atoms with E-state index in [0.29, 0.717) is 13.1 Å². The number of carboxylic acids is 1. The highest BCUT2D eigenvalue weighted by Gasteiger charge is 2.32. The van der Waals surface area contributed by atoms with E-state index >= 15 is 0 Å². The van der Waals surface area contributed by atoms with E-state index in [1.807, 2.05) is 6.07 Å². The maximum atomic E-state index is 10.9. The first-order chi connectivity index (χ1) is 12.6. The Balaban J connectivity index is 1.37. The molecule has 2 aliphatic rings. The molecule has 26 heavy (non-hydrogen) atoms. The summed E-state index contributed by atoms with van der Waals surface area (Å²) in [6.45, 7) is 4.07. The Labute approximate surface area is 153 Å². The highest BCUT2D eigenvalue weighted by atomic mass is 16.5. The van der Waals surface area contributed by atoms with Crippen molar-refractivity contribution < 1.29 is 14.6 Å². The second-order valence-electron chi connectivity index (χ2n) is 7.20. The van der Waals surface area contributed by atoms with Crippen molar-refractivity contribution in [3.63, 3.8) is 0 Å². The molecule has 0 aromatic heterocycles. The lowest BCUT2D eigenvalue weighted by molar-refractivity contribution is -0.147. The zero-order valence-corrected chi connectivity index (χ0v) is 15.0. The van der Waals surface area contributed by atoms with Gasteiger partial charge in [0.25, 0.3) is 0 Å². The molecule has 0 saturated carbocycles. The predicted octanol–water partition coefficient (Wildman–Crippen LogP) is 2.77. The van der Waals surface area contributed by atoms with Gasteiger partial charge in [0, 0.05) is 38.4 Å². The molecule has 136 valence electrons. The van der Waals surface area contributed by atoms with Crippen molar-refractivity contribution in [3.8, 4) is 5.75 Å². The molecule has 2 aromatic rings. The Kier molecular flexibility index (Phi) is 4.55. The number of likely N-dealkylation sites (tertiary alicyclic amines) is 1. The average Bonchev–Trinajstić information content (AvgIpc) is 2.63. The number of carboxylic acid groups (broad SMARTS) is 1. The van der Waals surface area contributed by atoms with Crippen molar-refractivity contribution in [1.29, 1.82) is 0 Å². The van der Waals surface area contributed by atoms with Crippen LogP contribution in [0.15, 0.2) is 42.5 Å². The van der Waals surface area contributed by atoms with E-state index < -0.39 is 5.97 Å². The minimum absolute atomic E-state index is 0.193. The van der Waals surface area contributed by atoms with Crippen molar-refractivity contribution in [1.82, 2.24) is 4.90 Å². The Morgan fingerprint density at radius 3 is 2.62 bits per heavy atom. The SMILES string of the molecule is COc1ccc2c(c1)CCN(c1ccc(CN3CC(C(=O)O)C3)cc1)C2. The van der Waals surface area contributed by atoms with Gasteiger partial charge >= 0.3 is 5.97 Å². The minimum atomic E-state index is -0.681. The largest absolute Gasteiger partial charge is 0.497 e. The van der Waals surface area contributed by atoms with Gasteiger partial charge in [-0.1, -0.05) is 18.2 Å². The van der Waals surface area contributed by atoms with Gasteiger partial charge in [0.05, 0.1) is 13.0 Å². The topological polar surface area (TPSA) is 53.0 Å². The summed E-state index contributed by atoms with van der Waals surface area (Å²) in [7, 11) is 1.71. The van der Waals surface area contributed by atoms with Crippen LogP contribution in [0.25, 0.3) is 0 Å². The van der Waals surface area contributed by atoms with Crippen LogP contribution >= 0.6 is 0 Å². The highest BCUT2D eigenvalue weighted by molar-refractivity contribution is 5.71. The highest BCUT2D eigenvalue weighted by Crippen LogP contribution is 2.28. The molecule has 4 rings (SSSR count). The maximum absolute atomic E-state index is 10.9. The number of ether oxygens (including phenoxy) is 1. The fraction of sp³-hybridized carbons (Fsp3) is 0.381. The van der Waals surface area contributed by atoms with E-state index in [-0.39, 0.29) is 5.92 Å². The summed E-state index contributed by atoms with van der Waals surface area (Å²) >= 11 is 0. The van der Waals surface area contributed by atoms with Gasteiger partial charge in [-0.15, -0.1) is 0 Å². The molecule has 0 atom stereocenters. The fourth-order valence-electron chi connectivity index (χ4n) is 3.80. The van der Waals surface area contributed by atoms with Crippen LogP contribution in [0.3, 0.4) is 0 Å². The molecule has 1 fully saturated rings.